The van der Waals surface area contributed by atoms with E-state index in [1.165, 1.54) is 6.92 Å². The van der Waals surface area contributed by atoms with Crippen molar-refractivity contribution in [1.29, 1.82) is 0 Å². The van der Waals surface area contributed by atoms with Crippen LogP contribution in [-0.2, 0) is 4.79 Å². The maximum absolute atomic E-state index is 11.1. The van der Waals surface area contributed by atoms with E-state index in [0.717, 1.165) is 12.7 Å². The fourth-order valence-electron chi connectivity index (χ4n) is 0.668. The summed E-state index contributed by atoms with van der Waals surface area (Å²) < 4.78 is 4.54. The second-order valence-corrected chi connectivity index (χ2v) is 2.30. The lowest BCUT2D eigenvalue weighted by atomic mass is 10.1. The van der Waals surface area contributed by atoms with E-state index in [0.29, 0.717) is 0 Å². The molecule has 0 aromatic carbocycles. The van der Waals surface area contributed by atoms with Gasteiger partial charge in [0.25, 0.3) is 0 Å². The number of aromatic nitrogens is 1. The quantitative estimate of drug-likeness (QED) is 0.528. The van der Waals surface area contributed by atoms with Crippen LogP contribution in [0.5, 0.6) is 0 Å². The average molecular weight is 169 g/mol. The Bertz CT molecular complexity index is 290. The summed E-state index contributed by atoms with van der Waals surface area (Å²) in [5.74, 6) is -2.78. The van der Waals surface area contributed by atoms with Gasteiger partial charge in [-0.15, -0.1) is 0 Å². The molecule has 1 aromatic heterocycles. The number of carbonyl (C=O) groups excluding carboxylic acids is 1. The molecular weight excluding hydrogens is 162 g/mol. The summed E-state index contributed by atoms with van der Waals surface area (Å²) in [6, 6.07) is 0. The van der Waals surface area contributed by atoms with Crippen LogP contribution in [-0.4, -0.2) is 21.8 Å². The second-order valence-electron chi connectivity index (χ2n) is 2.30. The number of oxazole rings is 1. The third-order valence-corrected chi connectivity index (χ3v) is 1.45. The first-order chi connectivity index (χ1) is 5.63. The van der Waals surface area contributed by atoms with Crippen LogP contribution in [0, 0.1) is 5.92 Å². The van der Waals surface area contributed by atoms with Gasteiger partial charge in [-0.05, 0) is 6.92 Å². The first-order valence-electron chi connectivity index (χ1n) is 3.28. The number of hydrogen-bond donors (Lipinski definition) is 1. The largest absolute Gasteiger partial charge is 0.481 e. The van der Waals surface area contributed by atoms with Gasteiger partial charge >= 0.3 is 5.97 Å². The topological polar surface area (TPSA) is 80.4 Å². The highest BCUT2D eigenvalue weighted by Crippen LogP contribution is 2.06. The summed E-state index contributed by atoms with van der Waals surface area (Å²) in [5, 5.41) is 8.47. The molecule has 0 aliphatic carbocycles. The molecule has 0 saturated carbocycles. The van der Waals surface area contributed by atoms with Gasteiger partial charge in [0.15, 0.2) is 12.2 Å². The van der Waals surface area contributed by atoms with Crippen molar-refractivity contribution in [2.45, 2.75) is 6.92 Å². The number of rotatable bonds is 3. The standard InChI is InChI=1S/C7H7NO4/c1-4(7(10)11)6(9)5-2-12-3-8-5/h2-4H,1H3,(H,10,11). The van der Waals surface area contributed by atoms with E-state index in [-0.39, 0.29) is 5.69 Å². The van der Waals surface area contributed by atoms with Crippen LogP contribution in [0.15, 0.2) is 17.1 Å². The highest BCUT2D eigenvalue weighted by molar-refractivity contribution is 6.06. The zero-order valence-electron chi connectivity index (χ0n) is 6.35. The number of ketones is 1. The van der Waals surface area contributed by atoms with Gasteiger partial charge in [-0.2, -0.15) is 0 Å². The van der Waals surface area contributed by atoms with Gasteiger partial charge in [0.1, 0.15) is 17.9 Å². The lowest BCUT2D eigenvalue weighted by Crippen LogP contribution is -2.20. The predicted molar refractivity (Wildman–Crippen MR) is 37.6 cm³/mol. The highest BCUT2D eigenvalue weighted by Gasteiger charge is 2.23. The van der Waals surface area contributed by atoms with Crippen molar-refractivity contribution in [2.75, 3.05) is 0 Å². The zero-order valence-corrected chi connectivity index (χ0v) is 6.35. The molecule has 0 fully saturated rings. The third-order valence-electron chi connectivity index (χ3n) is 1.45. The van der Waals surface area contributed by atoms with Gasteiger partial charge in [-0.25, -0.2) is 4.98 Å². The Balaban J connectivity index is 2.79. The molecule has 0 aliphatic rings. The molecule has 12 heavy (non-hydrogen) atoms. The van der Waals surface area contributed by atoms with Crippen LogP contribution in [0.3, 0.4) is 0 Å². The van der Waals surface area contributed by atoms with Gasteiger partial charge in [0.2, 0.25) is 0 Å². The first kappa shape index (κ1) is 8.45. The van der Waals surface area contributed by atoms with Gasteiger partial charge in [-0.3, -0.25) is 9.59 Å². The summed E-state index contributed by atoms with van der Waals surface area (Å²) in [7, 11) is 0. The number of aliphatic carboxylic acids is 1. The first-order valence-corrected chi connectivity index (χ1v) is 3.28. The molecule has 5 nitrogen and oxygen atoms in total. The summed E-state index contributed by atoms with van der Waals surface area (Å²) >= 11 is 0. The van der Waals surface area contributed by atoms with E-state index in [4.69, 9.17) is 5.11 Å². The van der Waals surface area contributed by atoms with Gasteiger partial charge in [-0.1, -0.05) is 0 Å². The number of nitrogens with zero attached hydrogens (tertiary/aromatic N) is 1. The Morgan fingerprint density at radius 3 is 2.75 bits per heavy atom. The van der Waals surface area contributed by atoms with Crippen LogP contribution >= 0.6 is 0 Å². The molecule has 0 radical (unpaired) electrons. The molecule has 1 heterocycles. The number of carboxylic acid groups (broad SMARTS) is 1. The minimum Gasteiger partial charge on any atom is -0.481 e. The van der Waals surface area contributed by atoms with Crippen LogP contribution < -0.4 is 0 Å². The van der Waals surface area contributed by atoms with E-state index >= 15 is 0 Å². The fourth-order valence-corrected chi connectivity index (χ4v) is 0.668. The Kier molecular flexibility index (Phi) is 2.23. The molecule has 1 atom stereocenters. The number of hydrogen-bond acceptors (Lipinski definition) is 4. The van der Waals surface area contributed by atoms with E-state index in [1.54, 1.807) is 0 Å². The predicted octanol–water partition coefficient (Wildman–Crippen LogP) is 0.578. The van der Waals surface area contributed by atoms with Crippen molar-refractivity contribution in [3.05, 3.63) is 18.4 Å². The van der Waals surface area contributed by atoms with E-state index < -0.39 is 17.7 Å². The van der Waals surface area contributed by atoms with Gasteiger partial charge in [0.05, 0.1) is 0 Å². The monoisotopic (exact) mass is 169 g/mol. The van der Waals surface area contributed by atoms with Crippen molar-refractivity contribution in [3.8, 4) is 0 Å². The minimum atomic E-state index is -1.16. The van der Waals surface area contributed by atoms with E-state index in [9.17, 15) is 9.59 Å². The van der Waals surface area contributed by atoms with Crippen LogP contribution in [0.2, 0.25) is 0 Å². The maximum atomic E-state index is 11.1. The molecule has 64 valence electrons. The summed E-state index contributed by atoms with van der Waals surface area (Å²) in [4.78, 5) is 25.0. The van der Waals surface area contributed by atoms with Crippen molar-refractivity contribution < 1.29 is 19.1 Å². The van der Waals surface area contributed by atoms with Crippen molar-refractivity contribution in [1.82, 2.24) is 4.98 Å². The smallest absolute Gasteiger partial charge is 0.314 e. The summed E-state index contributed by atoms with van der Waals surface area (Å²) in [6.07, 6.45) is 2.21. The van der Waals surface area contributed by atoms with Crippen molar-refractivity contribution in [3.63, 3.8) is 0 Å². The molecular formula is C7H7NO4. The van der Waals surface area contributed by atoms with Crippen LogP contribution in [0.25, 0.3) is 0 Å². The molecule has 0 spiro atoms. The highest BCUT2D eigenvalue weighted by atomic mass is 16.4. The van der Waals surface area contributed by atoms with Crippen molar-refractivity contribution in [2.24, 2.45) is 5.92 Å². The third kappa shape index (κ3) is 1.50. The molecule has 0 amide bonds. The van der Waals surface area contributed by atoms with E-state index in [2.05, 4.69) is 9.40 Å². The molecule has 5 heteroatoms. The van der Waals surface area contributed by atoms with Crippen molar-refractivity contribution >= 4 is 11.8 Å². The Morgan fingerprint density at radius 1 is 1.67 bits per heavy atom. The normalized spacial score (nSPS) is 12.4. The SMILES string of the molecule is CC(C(=O)O)C(=O)c1cocn1. The fraction of sp³-hybridized carbons (Fsp3) is 0.286. The summed E-state index contributed by atoms with van der Waals surface area (Å²) in [5.41, 5.74) is 0.0462. The average Bonchev–Trinajstić information content (AvgIpc) is 2.53. The maximum Gasteiger partial charge on any atom is 0.314 e. The lowest BCUT2D eigenvalue weighted by molar-refractivity contribution is -0.139. The Hall–Kier alpha value is -1.65. The molecule has 0 bridgehead atoms. The Labute approximate surface area is 68.0 Å². The molecule has 1 unspecified atom stereocenters. The van der Waals surface area contributed by atoms with Gasteiger partial charge < -0.3 is 9.52 Å². The molecule has 1 aromatic rings. The summed E-state index contributed by atoms with van der Waals surface area (Å²) in [6.45, 7) is 1.30. The number of Topliss-reactive ketones (excluding diaryl/α,β-unsaturated/α-hetero) is 1. The number of carboxylic acids is 1. The molecule has 1 rings (SSSR count). The van der Waals surface area contributed by atoms with Crippen LogP contribution in [0.1, 0.15) is 17.4 Å². The molecule has 0 saturated heterocycles. The lowest BCUT2D eigenvalue weighted by Gasteiger charge is -1.99. The Morgan fingerprint density at radius 2 is 2.33 bits per heavy atom. The van der Waals surface area contributed by atoms with Crippen LogP contribution in [0.4, 0.5) is 0 Å². The van der Waals surface area contributed by atoms with E-state index in [1.807, 2.05) is 0 Å². The molecule has 1 N–H and O–H groups in total. The zero-order chi connectivity index (χ0) is 9.14. The van der Waals surface area contributed by atoms with Gasteiger partial charge in [0, 0.05) is 0 Å². The number of carbonyl (C=O) groups is 2. The minimum absolute atomic E-state index is 0.0462. The second kappa shape index (κ2) is 3.17. The molecule has 0 aliphatic heterocycles.